The van der Waals surface area contributed by atoms with Crippen LogP contribution in [-0.4, -0.2) is 24.3 Å². The van der Waals surface area contributed by atoms with E-state index in [9.17, 15) is 8.42 Å². The molecule has 0 aromatic carbocycles. The van der Waals surface area contributed by atoms with E-state index < -0.39 is 10.0 Å². The summed E-state index contributed by atoms with van der Waals surface area (Å²) in [5, 5.41) is 2.01. The molecule has 1 aliphatic rings. The third kappa shape index (κ3) is 2.23. The number of nitrogens with zero attached hydrogens (tertiary/aromatic N) is 2. The number of fused-ring (bicyclic) bond motifs is 1. The lowest BCUT2D eigenvalue weighted by Crippen LogP contribution is -2.37. The smallest absolute Gasteiger partial charge is 0.232 e. The molecule has 1 unspecified atom stereocenters. The Morgan fingerprint density at radius 3 is 3.00 bits per heavy atom. The molecule has 1 aliphatic heterocycles. The minimum atomic E-state index is -3.50. The molecule has 0 fully saturated rings. The molecule has 0 saturated heterocycles. The van der Waals surface area contributed by atoms with Crippen LogP contribution >= 0.6 is 34.3 Å². The standard InChI is InChI=1S/C11H11ClN2O2S3/c1-7-8-3-5-17-9(8)2-4-14(7)19(15,16)10-6-13-11(12)18-10/h3,5-7H,2,4H2,1H3. The summed E-state index contributed by atoms with van der Waals surface area (Å²) in [6, 6.07) is 1.87. The first-order chi connectivity index (χ1) is 9.00. The fourth-order valence-electron chi connectivity index (χ4n) is 2.29. The molecule has 1 atom stereocenters. The van der Waals surface area contributed by atoms with Gasteiger partial charge in [-0.1, -0.05) is 22.9 Å². The van der Waals surface area contributed by atoms with Gasteiger partial charge in [0.15, 0.2) is 8.68 Å². The van der Waals surface area contributed by atoms with Crippen molar-refractivity contribution in [2.24, 2.45) is 0 Å². The van der Waals surface area contributed by atoms with E-state index in [2.05, 4.69) is 4.98 Å². The Labute approximate surface area is 124 Å². The molecule has 4 nitrogen and oxygen atoms in total. The highest BCUT2D eigenvalue weighted by atomic mass is 35.5. The second kappa shape index (κ2) is 4.82. The first-order valence-corrected chi connectivity index (χ1v) is 9.21. The Balaban J connectivity index is 2.00. The summed E-state index contributed by atoms with van der Waals surface area (Å²) in [7, 11) is -3.50. The van der Waals surface area contributed by atoms with E-state index in [4.69, 9.17) is 11.6 Å². The normalized spacial score (nSPS) is 20.4. The van der Waals surface area contributed by atoms with Gasteiger partial charge in [-0.3, -0.25) is 0 Å². The van der Waals surface area contributed by atoms with Crippen LogP contribution in [0.25, 0.3) is 0 Å². The third-order valence-corrected chi connectivity index (χ3v) is 7.76. The van der Waals surface area contributed by atoms with Crippen molar-refractivity contribution in [3.05, 3.63) is 32.6 Å². The molecule has 2 aromatic rings. The first kappa shape index (κ1) is 13.5. The largest absolute Gasteiger partial charge is 0.254 e. The lowest BCUT2D eigenvalue weighted by molar-refractivity contribution is 0.330. The van der Waals surface area contributed by atoms with Crippen LogP contribution in [0.3, 0.4) is 0 Å². The summed E-state index contributed by atoms with van der Waals surface area (Å²) in [5.41, 5.74) is 1.11. The Hall–Kier alpha value is -0.470. The van der Waals surface area contributed by atoms with Gasteiger partial charge in [0.05, 0.1) is 6.20 Å². The number of hydrogen-bond acceptors (Lipinski definition) is 5. The van der Waals surface area contributed by atoms with Gasteiger partial charge in [-0.2, -0.15) is 4.31 Å². The monoisotopic (exact) mass is 334 g/mol. The van der Waals surface area contributed by atoms with E-state index in [1.807, 2.05) is 18.4 Å². The zero-order valence-electron chi connectivity index (χ0n) is 10.0. The number of aromatic nitrogens is 1. The number of rotatable bonds is 2. The topological polar surface area (TPSA) is 50.3 Å². The predicted octanol–water partition coefficient (Wildman–Crippen LogP) is 3.17. The molecular weight excluding hydrogens is 324 g/mol. The molecule has 3 rings (SSSR count). The quantitative estimate of drug-likeness (QED) is 0.847. The van der Waals surface area contributed by atoms with Crippen molar-refractivity contribution < 1.29 is 8.42 Å². The maximum atomic E-state index is 12.6. The molecule has 0 radical (unpaired) electrons. The zero-order valence-corrected chi connectivity index (χ0v) is 13.2. The van der Waals surface area contributed by atoms with E-state index in [1.165, 1.54) is 15.4 Å². The van der Waals surface area contributed by atoms with Gasteiger partial charge in [-0.25, -0.2) is 13.4 Å². The lowest BCUT2D eigenvalue weighted by Gasteiger charge is -2.31. The van der Waals surface area contributed by atoms with Crippen molar-refractivity contribution in [2.75, 3.05) is 6.54 Å². The van der Waals surface area contributed by atoms with Gasteiger partial charge in [0, 0.05) is 17.5 Å². The van der Waals surface area contributed by atoms with Gasteiger partial charge in [0.25, 0.3) is 10.0 Å². The second-order valence-corrected chi connectivity index (χ2v) is 9.00. The Bertz CT molecular complexity index is 707. The molecule has 3 heterocycles. The molecule has 0 bridgehead atoms. The molecule has 0 spiro atoms. The van der Waals surface area contributed by atoms with Crippen LogP contribution in [0.1, 0.15) is 23.4 Å². The van der Waals surface area contributed by atoms with Crippen LogP contribution in [0.5, 0.6) is 0 Å². The molecule has 102 valence electrons. The molecule has 8 heteroatoms. The summed E-state index contributed by atoms with van der Waals surface area (Å²) in [4.78, 5) is 5.10. The van der Waals surface area contributed by atoms with E-state index in [1.54, 1.807) is 11.3 Å². The minimum Gasteiger partial charge on any atom is -0.232 e. The molecule has 0 saturated carbocycles. The third-order valence-electron chi connectivity index (χ3n) is 3.24. The van der Waals surface area contributed by atoms with Gasteiger partial charge in [-0.05, 0) is 30.4 Å². The van der Waals surface area contributed by atoms with Crippen molar-refractivity contribution in [2.45, 2.75) is 23.6 Å². The van der Waals surface area contributed by atoms with Crippen molar-refractivity contribution >= 4 is 44.3 Å². The van der Waals surface area contributed by atoms with E-state index in [0.29, 0.717) is 6.54 Å². The van der Waals surface area contributed by atoms with Gasteiger partial charge in [0.1, 0.15) is 0 Å². The fraction of sp³-hybridized carbons (Fsp3) is 0.364. The summed E-state index contributed by atoms with van der Waals surface area (Å²) in [6.07, 6.45) is 2.10. The maximum Gasteiger partial charge on any atom is 0.254 e. The van der Waals surface area contributed by atoms with Gasteiger partial charge < -0.3 is 0 Å². The van der Waals surface area contributed by atoms with Crippen LogP contribution in [0.15, 0.2) is 21.9 Å². The summed E-state index contributed by atoms with van der Waals surface area (Å²) in [5.74, 6) is 0. The first-order valence-electron chi connectivity index (χ1n) is 5.69. The molecule has 19 heavy (non-hydrogen) atoms. The molecule has 0 N–H and O–H groups in total. The van der Waals surface area contributed by atoms with Crippen molar-refractivity contribution in [1.82, 2.24) is 9.29 Å². The Morgan fingerprint density at radius 2 is 2.32 bits per heavy atom. The number of sulfonamides is 1. The van der Waals surface area contributed by atoms with E-state index in [-0.39, 0.29) is 14.7 Å². The number of halogens is 1. The van der Waals surface area contributed by atoms with Crippen molar-refractivity contribution in [3.63, 3.8) is 0 Å². The number of thiophene rings is 1. The SMILES string of the molecule is CC1c2ccsc2CCN1S(=O)(=O)c1cnc(Cl)s1. The fourth-order valence-corrected chi connectivity index (χ4v) is 6.29. The highest BCUT2D eigenvalue weighted by Crippen LogP contribution is 2.37. The van der Waals surface area contributed by atoms with Crippen LogP contribution in [0.2, 0.25) is 4.47 Å². The highest BCUT2D eigenvalue weighted by molar-refractivity contribution is 7.91. The molecule has 0 amide bonds. The van der Waals surface area contributed by atoms with Crippen molar-refractivity contribution in [3.8, 4) is 0 Å². The lowest BCUT2D eigenvalue weighted by atomic mass is 10.0. The van der Waals surface area contributed by atoms with Crippen LogP contribution in [0, 0.1) is 0 Å². The average Bonchev–Trinajstić information content (AvgIpc) is 2.97. The molecular formula is C11H11ClN2O2S3. The van der Waals surface area contributed by atoms with E-state index >= 15 is 0 Å². The van der Waals surface area contributed by atoms with E-state index in [0.717, 1.165) is 23.3 Å². The predicted molar refractivity (Wildman–Crippen MR) is 77.5 cm³/mol. The average molecular weight is 335 g/mol. The van der Waals surface area contributed by atoms with Crippen LogP contribution in [0.4, 0.5) is 0 Å². The summed E-state index contributed by atoms with van der Waals surface area (Å²) < 4.78 is 27.2. The highest BCUT2D eigenvalue weighted by Gasteiger charge is 2.35. The number of hydrogen-bond donors (Lipinski definition) is 0. The van der Waals surface area contributed by atoms with Crippen molar-refractivity contribution in [1.29, 1.82) is 0 Å². The zero-order chi connectivity index (χ0) is 13.6. The summed E-state index contributed by atoms with van der Waals surface area (Å²) >= 11 is 8.42. The second-order valence-electron chi connectivity index (χ2n) is 4.27. The Morgan fingerprint density at radius 1 is 1.53 bits per heavy atom. The van der Waals surface area contributed by atoms with Crippen LogP contribution in [-0.2, 0) is 16.4 Å². The summed E-state index contributed by atoms with van der Waals surface area (Å²) in [6.45, 7) is 2.43. The molecule has 2 aromatic heterocycles. The van der Waals surface area contributed by atoms with Gasteiger partial charge >= 0.3 is 0 Å². The maximum absolute atomic E-state index is 12.6. The Kier molecular flexibility index (Phi) is 3.43. The number of thiazole rings is 1. The van der Waals surface area contributed by atoms with Gasteiger partial charge in [-0.15, -0.1) is 11.3 Å². The minimum absolute atomic E-state index is 0.138. The van der Waals surface area contributed by atoms with Crippen LogP contribution < -0.4 is 0 Å². The molecule has 0 aliphatic carbocycles. The van der Waals surface area contributed by atoms with Gasteiger partial charge in [0.2, 0.25) is 0 Å².